The molecule has 0 aliphatic rings. The highest BCUT2D eigenvalue weighted by molar-refractivity contribution is 7.90. The van der Waals surface area contributed by atoms with Gasteiger partial charge in [-0.05, 0) is 36.4 Å². The number of rotatable bonds is 3. The van der Waals surface area contributed by atoms with Gasteiger partial charge in [0, 0.05) is 17.2 Å². The van der Waals surface area contributed by atoms with Crippen molar-refractivity contribution in [1.82, 2.24) is 4.57 Å². The second-order valence-electron chi connectivity index (χ2n) is 5.42. The summed E-state index contributed by atoms with van der Waals surface area (Å²) in [5.74, 6) is -2.07. The molecular weight excluding hydrogens is 382 g/mol. The minimum atomic E-state index is -3.93. The van der Waals surface area contributed by atoms with Crippen molar-refractivity contribution in [2.75, 3.05) is 6.26 Å². The SMILES string of the molecule is CS(=O)(=O)c1cc(F)c(-c2csc(=O)n2-c2ccc(C#N)cc2)cc1F. The van der Waals surface area contributed by atoms with Crippen LogP contribution in [-0.2, 0) is 9.84 Å². The van der Waals surface area contributed by atoms with E-state index >= 15 is 0 Å². The number of aromatic nitrogens is 1. The van der Waals surface area contributed by atoms with E-state index in [2.05, 4.69) is 0 Å². The molecule has 0 amide bonds. The molecule has 9 heteroatoms. The molecule has 132 valence electrons. The maximum Gasteiger partial charge on any atom is 0.312 e. The van der Waals surface area contributed by atoms with Crippen molar-refractivity contribution in [1.29, 1.82) is 5.26 Å². The quantitative estimate of drug-likeness (QED) is 0.686. The summed E-state index contributed by atoms with van der Waals surface area (Å²) in [5, 5.41) is 10.2. The van der Waals surface area contributed by atoms with E-state index < -0.39 is 31.2 Å². The summed E-state index contributed by atoms with van der Waals surface area (Å²) in [6.07, 6.45) is 0.780. The molecule has 2 aromatic carbocycles. The van der Waals surface area contributed by atoms with Gasteiger partial charge in [0.25, 0.3) is 0 Å². The average molecular weight is 392 g/mol. The minimum Gasteiger partial charge on any atom is -0.267 e. The van der Waals surface area contributed by atoms with E-state index in [1.165, 1.54) is 34.2 Å². The van der Waals surface area contributed by atoms with Gasteiger partial charge in [-0.15, -0.1) is 0 Å². The Bertz CT molecular complexity index is 1200. The van der Waals surface area contributed by atoms with Crippen LogP contribution in [-0.4, -0.2) is 19.2 Å². The predicted molar refractivity (Wildman–Crippen MR) is 93.1 cm³/mol. The molecule has 0 aliphatic heterocycles. The Morgan fingerprint density at radius 1 is 1.12 bits per heavy atom. The monoisotopic (exact) mass is 392 g/mol. The van der Waals surface area contributed by atoms with Crippen molar-refractivity contribution in [3.05, 3.63) is 68.6 Å². The van der Waals surface area contributed by atoms with Crippen LogP contribution >= 0.6 is 11.3 Å². The van der Waals surface area contributed by atoms with E-state index in [1.54, 1.807) is 0 Å². The van der Waals surface area contributed by atoms with Gasteiger partial charge in [-0.2, -0.15) is 5.26 Å². The lowest BCUT2D eigenvalue weighted by Crippen LogP contribution is -2.12. The first-order chi connectivity index (χ1) is 12.2. The molecule has 0 fully saturated rings. The van der Waals surface area contributed by atoms with Crippen molar-refractivity contribution in [2.45, 2.75) is 4.90 Å². The van der Waals surface area contributed by atoms with E-state index in [-0.39, 0.29) is 11.3 Å². The van der Waals surface area contributed by atoms with E-state index in [0.29, 0.717) is 17.3 Å². The molecule has 0 saturated carbocycles. The summed E-state index contributed by atoms with van der Waals surface area (Å²) >= 11 is 0.790. The zero-order chi connectivity index (χ0) is 19.1. The molecule has 0 N–H and O–H groups in total. The molecule has 0 aliphatic carbocycles. The fourth-order valence-electron chi connectivity index (χ4n) is 2.43. The molecular formula is C17H10F2N2O3S2. The topological polar surface area (TPSA) is 79.9 Å². The van der Waals surface area contributed by atoms with Gasteiger partial charge in [0.05, 0.1) is 23.0 Å². The second kappa shape index (κ2) is 6.48. The van der Waals surface area contributed by atoms with E-state index in [0.717, 1.165) is 23.7 Å². The number of nitrogens with zero attached hydrogens (tertiary/aromatic N) is 2. The van der Waals surface area contributed by atoms with Crippen LogP contribution in [0.15, 0.2) is 51.5 Å². The predicted octanol–water partition coefficient (Wildman–Crippen LogP) is 3.12. The first-order valence-electron chi connectivity index (χ1n) is 7.13. The summed E-state index contributed by atoms with van der Waals surface area (Å²) in [5.41, 5.74) is 0.601. The van der Waals surface area contributed by atoms with Crippen LogP contribution in [0, 0.1) is 23.0 Å². The van der Waals surface area contributed by atoms with Gasteiger partial charge in [-0.1, -0.05) is 11.3 Å². The molecule has 1 heterocycles. The van der Waals surface area contributed by atoms with Crippen LogP contribution in [0.5, 0.6) is 0 Å². The lowest BCUT2D eigenvalue weighted by molar-refractivity contribution is 0.557. The molecule has 1 aromatic heterocycles. The lowest BCUT2D eigenvalue weighted by atomic mass is 10.1. The number of sulfone groups is 1. The average Bonchev–Trinajstić information content (AvgIpc) is 2.97. The van der Waals surface area contributed by atoms with Crippen LogP contribution in [0.2, 0.25) is 0 Å². The van der Waals surface area contributed by atoms with Crippen LogP contribution in [0.4, 0.5) is 8.78 Å². The number of nitriles is 1. The number of benzene rings is 2. The van der Waals surface area contributed by atoms with E-state index in [1.807, 2.05) is 6.07 Å². The Balaban J connectivity index is 2.22. The lowest BCUT2D eigenvalue weighted by Gasteiger charge is -2.10. The zero-order valence-corrected chi connectivity index (χ0v) is 14.9. The van der Waals surface area contributed by atoms with E-state index in [4.69, 9.17) is 5.26 Å². The molecule has 3 rings (SSSR count). The summed E-state index contributed by atoms with van der Waals surface area (Å²) in [6.45, 7) is 0. The highest BCUT2D eigenvalue weighted by atomic mass is 32.2. The van der Waals surface area contributed by atoms with E-state index in [9.17, 15) is 22.0 Å². The van der Waals surface area contributed by atoms with Crippen LogP contribution in [0.1, 0.15) is 5.56 Å². The molecule has 0 spiro atoms. The van der Waals surface area contributed by atoms with Crippen LogP contribution in [0.25, 0.3) is 16.9 Å². The van der Waals surface area contributed by atoms with Gasteiger partial charge >= 0.3 is 4.87 Å². The number of halogens is 2. The minimum absolute atomic E-state index is 0.0844. The Labute approximate surface area is 151 Å². The maximum atomic E-state index is 14.5. The second-order valence-corrected chi connectivity index (χ2v) is 8.22. The normalized spacial score (nSPS) is 11.3. The Hall–Kier alpha value is -2.83. The molecule has 0 radical (unpaired) electrons. The highest BCUT2D eigenvalue weighted by Crippen LogP contribution is 2.29. The molecule has 0 bridgehead atoms. The van der Waals surface area contributed by atoms with Gasteiger partial charge < -0.3 is 0 Å². The molecule has 3 aromatic rings. The van der Waals surface area contributed by atoms with Gasteiger partial charge in [-0.3, -0.25) is 9.36 Å². The zero-order valence-electron chi connectivity index (χ0n) is 13.2. The van der Waals surface area contributed by atoms with Crippen molar-refractivity contribution in [3.63, 3.8) is 0 Å². The van der Waals surface area contributed by atoms with Crippen molar-refractivity contribution >= 4 is 21.2 Å². The van der Waals surface area contributed by atoms with Gasteiger partial charge in [0.1, 0.15) is 16.5 Å². The summed E-state index contributed by atoms with van der Waals surface area (Å²) in [7, 11) is -3.93. The third kappa shape index (κ3) is 3.16. The number of thiazole rings is 1. The Morgan fingerprint density at radius 3 is 2.35 bits per heavy atom. The Morgan fingerprint density at radius 2 is 1.77 bits per heavy atom. The molecule has 0 atom stereocenters. The molecule has 26 heavy (non-hydrogen) atoms. The molecule has 0 unspecified atom stereocenters. The summed E-state index contributed by atoms with van der Waals surface area (Å²) < 4.78 is 52.9. The maximum absolute atomic E-state index is 14.5. The third-order valence-corrected chi connectivity index (χ3v) is 5.48. The van der Waals surface area contributed by atoms with Gasteiger partial charge in [0.2, 0.25) is 0 Å². The summed E-state index contributed by atoms with van der Waals surface area (Å²) in [4.78, 5) is 11.0. The van der Waals surface area contributed by atoms with Crippen LogP contribution in [0.3, 0.4) is 0 Å². The van der Waals surface area contributed by atoms with Crippen molar-refractivity contribution in [2.24, 2.45) is 0 Å². The van der Waals surface area contributed by atoms with Gasteiger partial charge in [-0.25, -0.2) is 17.2 Å². The smallest absolute Gasteiger partial charge is 0.267 e. The van der Waals surface area contributed by atoms with Gasteiger partial charge in [0.15, 0.2) is 9.84 Å². The molecule has 0 saturated heterocycles. The molecule has 5 nitrogen and oxygen atoms in total. The number of hydrogen-bond donors (Lipinski definition) is 0. The van der Waals surface area contributed by atoms with Crippen LogP contribution < -0.4 is 4.87 Å². The Kier molecular flexibility index (Phi) is 4.48. The third-order valence-electron chi connectivity index (χ3n) is 3.65. The highest BCUT2D eigenvalue weighted by Gasteiger charge is 2.21. The van der Waals surface area contributed by atoms with Crippen molar-refractivity contribution in [3.8, 4) is 23.0 Å². The first kappa shape index (κ1) is 18.0. The largest absolute Gasteiger partial charge is 0.312 e. The number of hydrogen-bond acceptors (Lipinski definition) is 5. The van der Waals surface area contributed by atoms with Crippen molar-refractivity contribution < 1.29 is 17.2 Å². The fraction of sp³-hybridized carbons (Fsp3) is 0.0588. The fourth-order valence-corrected chi connectivity index (χ4v) is 3.92. The summed E-state index contributed by atoms with van der Waals surface area (Å²) in [6, 6.07) is 9.31. The standard InChI is InChI=1S/C17H10F2N2O3S2/c1-26(23,24)16-7-13(18)12(6-14(16)19)15-9-25-17(22)21(15)11-4-2-10(8-20)3-5-11/h2-7,9H,1H3. The first-order valence-corrected chi connectivity index (χ1v) is 9.90.